The molecule has 0 bridgehead atoms. The summed E-state index contributed by atoms with van der Waals surface area (Å²) in [6.07, 6.45) is 3.64. The molecule has 1 saturated heterocycles. The number of nitrogens with zero attached hydrogens (tertiary/aromatic N) is 1. The quantitative estimate of drug-likeness (QED) is 0.614. The van der Waals surface area contributed by atoms with E-state index in [9.17, 15) is 5.11 Å². The molecule has 0 aromatic carbocycles. The van der Waals surface area contributed by atoms with Gasteiger partial charge in [0.2, 0.25) is 0 Å². The standard InChI is InChI=1S/C9H20N2O/c1-3-9(10-8(2)12)11-6-4-5-7-11/h8-10,12H,3-7H2,1-2H3. The molecule has 1 heterocycles. The fourth-order valence-electron chi connectivity index (χ4n) is 1.81. The van der Waals surface area contributed by atoms with Crippen LogP contribution in [-0.4, -0.2) is 35.5 Å². The first-order valence-corrected chi connectivity index (χ1v) is 4.92. The first-order valence-electron chi connectivity index (χ1n) is 4.92. The van der Waals surface area contributed by atoms with Crippen LogP contribution >= 0.6 is 0 Å². The van der Waals surface area contributed by atoms with Gasteiger partial charge in [-0.05, 0) is 39.3 Å². The van der Waals surface area contributed by atoms with Crippen molar-refractivity contribution in [1.82, 2.24) is 10.2 Å². The zero-order valence-electron chi connectivity index (χ0n) is 8.08. The Morgan fingerprint density at radius 1 is 1.42 bits per heavy atom. The van der Waals surface area contributed by atoms with Gasteiger partial charge in [-0.15, -0.1) is 0 Å². The van der Waals surface area contributed by atoms with Gasteiger partial charge in [0.1, 0.15) is 6.23 Å². The maximum atomic E-state index is 9.18. The van der Waals surface area contributed by atoms with Gasteiger partial charge in [-0.1, -0.05) is 6.92 Å². The molecule has 2 unspecified atom stereocenters. The Kier molecular flexibility index (Phi) is 3.98. The smallest absolute Gasteiger partial charge is 0.103 e. The van der Waals surface area contributed by atoms with E-state index < -0.39 is 6.23 Å². The van der Waals surface area contributed by atoms with E-state index in [1.54, 1.807) is 6.92 Å². The minimum Gasteiger partial charge on any atom is -0.379 e. The molecule has 1 fully saturated rings. The van der Waals surface area contributed by atoms with Gasteiger partial charge >= 0.3 is 0 Å². The summed E-state index contributed by atoms with van der Waals surface area (Å²) in [6, 6.07) is 0. The maximum absolute atomic E-state index is 9.18. The lowest BCUT2D eigenvalue weighted by atomic mass is 10.3. The van der Waals surface area contributed by atoms with E-state index in [-0.39, 0.29) is 0 Å². The summed E-state index contributed by atoms with van der Waals surface area (Å²) in [6.45, 7) is 6.29. The van der Waals surface area contributed by atoms with E-state index in [0.29, 0.717) is 6.17 Å². The lowest BCUT2D eigenvalue weighted by Gasteiger charge is -2.28. The molecule has 12 heavy (non-hydrogen) atoms. The van der Waals surface area contributed by atoms with Crippen molar-refractivity contribution < 1.29 is 5.11 Å². The van der Waals surface area contributed by atoms with E-state index in [1.807, 2.05) is 0 Å². The number of nitrogens with one attached hydrogen (secondary N) is 1. The highest BCUT2D eigenvalue weighted by molar-refractivity contribution is 4.73. The Balaban J connectivity index is 2.32. The second kappa shape index (κ2) is 4.80. The number of aliphatic hydroxyl groups excluding tert-OH is 1. The van der Waals surface area contributed by atoms with Crippen molar-refractivity contribution in [1.29, 1.82) is 0 Å². The van der Waals surface area contributed by atoms with Crippen LogP contribution in [0.2, 0.25) is 0 Å². The lowest BCUT2D eigenvalue weighted by molar-refractivity contribution is 0.0860. The molecule has 1 rings (SSSR count). The van der Waals surface area contributed by atoms with Gasteiger partial charge in [0, 0.05) is 0 Å². The number of rotatable bonds is 4. The second-order valence-corrected chi connectivity index (χ2v) is 3.51. The van der Waals surface area contributed by atoms with Crippen LogP contribution in [0.3, 0.4) is 0 Å². The molecule has 3 nitrogen and oxygen atoms in total. The van der Waals surface area contributed by atoms with Gasteiger partial charge in [0.05, 0.1) is 6.17 Å². The zero-order chi connectivity index (χ0) is 8.97. The van der Waals surface area contributed by atoms with Crippen molar-refractivity contribution >= 4 is 0 Å². The fraction of sp³-hybridized carbons (Fsp3) is 1.00. The predicted molar refractivity (Wildman–Crippen MR) is 49.7 cm³/mol. The average molecular weight is 172 g/mol. The number of likely N-dealkylation sites (tertiary alicyclic amines) is 1. The molecule has 1 aliphatic rings. The third-order valence-corrected chi connectivity index (χ3v) is 2.40. The molecule has 0 spiro atoms. The third-order valence-electron chi connectivity index (χ3n) is 2.40. The van der Waals surface area contributed by atoms with Crippen LogP contribution in [0.5, 0.6) is 0 Å². The van der Waals surface area contributed by atoms with Gasteiger partial charge in [-0.3, -0.25) is 10.2 Å². The highest BCUT2D eigenvalue weighted by Crippen LogP contribution is 2.12. The molecule has 0 saturated carbocycles. The summed E-state index contributed by atoms with van der Waals surface area (Å²) >= 11 is 0. The Bertz CT molecular complexity index is 122. The van der Waals surface area contributed by atoms with E-state index in [1.165, 1.54) is 25.9 Å². The number of aliphatic hydroxyl groups is 1. The first kappa shape index (κ1) is 9.96. The molecule has 3 heteroatoms. The van der Waals surface area contributed by atoms with Crippen molar-refractivity contribution in [3.8, 4) is 0 Å². The summed E-state index contributed by atoms with van der Waals surface area (Å²) in [5.41, 5.74) is 0. The Morgan fingerprint density at radius 2 is 2.00 bits per heavy atom. The fourth-order valence-corrected chi connectivity index (χ4v) is 1.81. The van der Waals surface area contributed by atoms with Crippen molar-refractivity contribution in [2.24, 2.45) is 0 Å². The average Bonchev–Trinajstić information content (AvgIpc) is 2.51. The van der Waals surface area contributed by atoms with Crippen LogP contribution in [0.4, 0.5) is 0 Å². The van der Waals surface area contributed by atoms with Crippen molar-refractivity contribution in [2.75, 3.05) is 13.1 Å². The zero-order valence-corrected chi connectivity index (χ0v) is 8.08. The van der Waals surface area contributed by atoms with E-state index in [2.05, 4.69) is 17.1 Å². The molecule has 1 aliphatic heterocycles. The molecule has 0 amide bonds. The van der Waals surface area contributed by atoms with Crippen LogP contribution in [-0.2, 0) is 0 Å². The summed E-state index contributed by atoms with van der Waals surface area (Å²) in [5, 5.41) is 12.3. The number of hydrogen-bond donors (Lipinski definition) is 2. The topological polar surface area (TPSA) is 35.5 Å². The van der Waals surface area contributed by atoms with Crippen LogP contribution in [0.1, 0.15) is 33.1 Å². The third kappa shape index (κ3) is 2.73. The van der Waals surface area contributed by atoms with Crippen LogP contribution in [0.15, 0.2) is 0 Å². The maximum Gasteiger partial charge on any atom is 0.103 e. The summed E-state index contributed by atoms with van der Waals surface area (Å²) < 4.78 is 0. The van der Waals surface area contributed by atoms with E-state index in [0.717, 1.165) is 6.42 Å². The van der Waals surface area contributed by atoms with E-state index in [4.69, 9.17) is 0 Å². The largest absolute Gasteiger partial charge is 0.379 e. The summed E-state index contributed by atoms with van der Waals surface area (Å²) in [4.78, 5) is 2.41. The van der Waals surface area contributed by atoms with Crippen molar-refractivity contribution in [2.45, 2.75) is 45.5 Å². The molecule has 72 valence electrons. The van der Waals surface area contributed by atoms with Crippen LogP contribution in [0, 0.1) is 0 Å². The summed E-state index contributed by atoms with van der Waals surface area (Å²) in [7, 11) is 0. The van der Waals surface area contributed by atoms with Gasteiger partial charge in [0.25, 0.3) is 0 Å². The van der Waals surface area contributed by atoms with E-state index >= 15 is 0 Å². The molecule has 2 N–H and O–H groups in total. The molecule has 0 aromatic heterocycles. The lowest BCUT2D eigenvalue weighted by Crippen LogP contribution is -2.47. The molecular weight excluding hydrogens is 152 g/mol. The SMILES string of the molecule is CCC(NC(C)O)N1CCCC1. The molecule has 2 atom stereocenters. The monoisotopic (exact) mass is 172 g/mol. The molecular formula is C9H20N2O. The Labute approximate surface area is 74.8 Å². The first-order chi connectivity index (χ1) is 5.74. The van der Waals surface area contributed by atoms with Crippen molar-refractivity contribution in [3.63, 3.8) is 0 Å². The molecule has 0 radical (unpaired) electrons. The van der Waals surface area contributed by atoms with Gasteiger partial charge < -0.3 is 5.11 Å². The highest BCUT2D eigenvalue weighted by Gasteiger charge is 2.20. The summed E-state index contributed by atoms with van der Waals surface area (Å²) in [5.74, 6) is 0. The van der Waals surface area contributed by atoms with Gasteiger partial charge in [-0.25, -0.2) is 0 Å². The second-order valence-electron chi connectivity index (χ2n) is 3.51. The normalized spacial score (nSPS) is 24.2. The predicted octanol–water partition coefficient (Wildman–Crippen LogP) is 0.746. The Hall–Kier alpha value is -0.120. The molecule has 0 aliphatic carbocycles. The highest BCUT2D eigenvalue weighted by atomic mass is 16.3. The van der Waals surface area contributed by atoms with Crippen LogP contribution < -0.4 is 5.32 Å². The minimum atomic E-state index is -0.393. The minimum absolute atomic E-state index is 0.368. The van der Waals surface area contributed by atoms with Crippen LogP contribution in [0.25, 0.3) is 0 Å². The van der Waals surface area contributed by atoms with Gasteiger partial charge in [0.15, 0.2) is 0 Å². The van der Waals surface area contributed by atoms with Gasteiger partial charge in [-0.2, -0.15) is 0 Å². The molecule has 0 aromatic rings. The number of hydrogen-bond acceptors (Lipinski definition) is 3. The van der Waals surface area contributed by atoms with Crippen molar-refractivity contribution in [3.05, 3.63) is 0 Å². The Morgan fingerprint density at radius 3 is 2.42 bits per heavy atom.